The highest BCUT2D eigenvalue weighted by Gasteiger charge is 2.06. The summed E-state index contributed by atoms with van der Waals surface area (Å²) in [5.41, 5.74) is 1.65. The summed E-state index contributed by atoms with van der Waals surface area (Å²) in [6, 6.07) is 10.7. The Morgan fingerprint density at radius 3 is 2.31 bits per heavy atom. The van der Waals surface area contributed by atoms with Crippen LogP contribution in [0.15, 0.2) is 48.8 Å². The van der Waals surface area contributed by atoms with Crippen LogP contribution in [0.2, 0.25) is 5.02 Å². The molecule has 0 aliphatic rings. The minimum Gasteiger partial charge on any atom is -0.294 e. The number of nitrogens with zero attached hydrogens (tertiary/aromatic N) is 1. The molecular formula is C13H10ClNO. The third-order valence-electron chi connectivity index (χ3n) is 2.28. The summed E-state index contributed by atoms with van der Waals surface area (Å²) in [6.45, 7) is 0. The molecule has 1 heterocycles. The predicted octanol–water partition coefficient (Wildman–Crippen LogP) is 3.16. The van der Waals surface area contributed by atoms with Crippen molar-refractivity contribution in [1.29, 1.82) is 0 Å². The van der Waals surface area contributed by atoms with Gasteiger partial charge in [0.05, 0.1) is 0 Å². The van der Waals surface area contributed by atoms with Crippen LogP contribution in [0.4, 0.5) is 0 Å². The van der Waals surface area contributed by atoms with E-state index in [2.05, 4.69) is 4.98 Å². The van der Waals surface area contributed by atoms with Gasteiger partial charge in [0.1, 0.15) is 0 Å². The van der Waals surface area contributed by atoms with Crippen LogP contribution in [0.3, 0.4) is 0 Å². The Morgan fingerprint density at radius 2 is 1.69 bits per heavy atom. The van der Waals surface area contributed by atoms with E-state index < -0.39 is 0 Å². The maximum Gasteiger partial charge on any atom is 0.167 e. The summed E-state index contributed by atoms with van der Waals surface area (Å²) in [5, 5.41) is 0.681. The summed E-state index contributed by atoms with van der Waals surface area (Å²) in [4.78, 5) is 15.7. The third-order valence-corrected chi connectivity index (χ3v) is 2.53. The second-order valence-corrected chi connectivity index (χ2v) is 3.90. The topological polar surface area (TPSA) is 30.0 Å². The van der Waals surface area contributed by atoms with Gasteiger partial charge in [0, 0.05) is 29.4 Å². The molecule has 0 bridgehead atoms. The first-order valence-corrected chi connectivity index (χ1v) is 5.31. The Kier molecular flexibility index (Phi) is 3.32. The van der Waals surface area contributed by atoms with Gasteiger partial charge in [0.2, 0.25) is 0 Å². The number of ketones is 1. The summed E-state index contributed by atoms with van der Waals surface area (Å²) in [6.07, 6.45) is 3.63. The molecule has 0 aliphatic heterocycles. The molecule has 0 amide bonds. The lowest BCUT2D eigenvalue weighted by molar-refractivity contribution is 0.0993. The van der Waals surface area contributed by atoms with Gasteiger partial charge in [-0.3, -0.25) is 9.78 Å². The molecule has 1 aromatic carbocycles. The van der Waals surface area contributed by atoms with Crippen LogP contribution in [-0.4, -0.2) is 10.8 Å². The van der Waals surface area contributed by atoms with Gasteiger partial charge in [-0.05, 0) is 29.8 Å². The molecule has 3 heteroatoms. The van der Waals surface area contributed by atoms with Crippen molar-refractivity contribution in [2.45, 2.75) is 6.42 Å². The minimum absolute atomic E-state index is 0.0877. The molecule has 1 aromatic heterocycles. The molecule has 0 saturated carbocycles. The average molecular weight is 232 g/mol. The summed E-state index contributed by atoms with van der Waals surface area (Å²) < 4.78 is 0. The first-order valence-electron chi connectivity index (χ1n) is 4.93. The molecule has 0 atom stereocenters. The Balaban J connectivity index is 2.11. The van der Waals surface area contributed by atoms with Gasteiger partial charge < -0.3 is 0 Å². The Morgan fingerprint density at radius 1 is 1.06 bits per heavy atom. The van der Waals surface area contributed by atoms with E-state index in [1.807, 2.05) is 12.1 Å². The number of carbonyl (C=O) groups excluding carboxylic acids is 1. The molecule has 0 N–H and O–H groups in total. The third kappa shape index (κ3) is 2.67. The van der Waals surface area contributed by atoms with Crippen molar-refractivity contribution in [3.05, 3.63) is 64.9 Å². The first-order chi connectivity index (χ1) is 7.75. The maximum atomic E-state index is 11.8. The van der Waals surface area contributed by atoms with E-state index in [4.69, 9.17) is 11.6 Å². The molecule has 0 aliphatic carbocycles. The monoisotopic (exact) mass is 231 g/mol. The summed E-state index contributed by atoms with van der Waals surface area (Å²) >= 11 is 5.77. The zero-order valence-electron chi connectivity index (χ0n) is 8.56. The molecule has 0 radical (unpaired) electrons. The van der Waals surface area contributed by atoms with Crippen molar-refractivity contribution in [3.63, 3.8) is 0 Å². The largest absolute Gasteiger partial charge is 0.294 e. The second kappa shape index (κ2) is 4.90. The van der Waals surface area contributed by atoms with Crippen LogP contribution in [0.25, 0.3) is 0 Å². The molecule has 0 spiro atoms. The first kappa shape index (κ1) is 10.8. The van der Waals surface area contributed by atoms with Crippen LogP contribution in [0, 0.1) is 0 Å². The minimum atomic E-state index is 0.0877. The van der Waals surface area contributed by atoms with E-state index >= 15 is 0 Å². The van der Waals surface area contributed by atoms with Crippen molar-refractivity contribution < 1.29 is 4.79 Å². The number of hydrogen-bond acceptors (Lipinski definition) is 2. The van der Waals surface area contributed by atoms with Gasteiger partial charge in [-0.1, -0.05) is 23.7 Å². The van der Waals surface area contributed by atoms with Crippen molar-refractivity contribution in [2.24, 2.45) is 0 Å². The molecule has 2 nitrogen and oxygen atoms in total. The van der Waals surface area contributed by atoms with Crippen LogP contribution in [0.5, 0.6) is 0 Å². The van der Waals surface area contributed by atoms with E-state index in [0.717, 1.165) is 5.56 Å². The quantitative estimate of drug-likeness (QED) is 0.760. The number of Topliss-reactive ketones (excluding diaryl/α,β-unsaturated/α-hetero) is 1. The van der Waals surface area contributed by atoms with E-state index in [-0.39, 0.29) is 5.78 Å². The molecule has 0 saturated heterocycles. The van der Waals surface area contributed by atoms with Crippen molar-refractivity contribution in [3.8, 4) is 0 Å². The van der Waals surface area contributed by atoms with Crippen molar-refractivity contribution in [1.82, 2.24) is 4.98 Å². The van der Waals surface area contributed by atoms with Gasteiger partial charge in [0.15, 0.2) is 5.78 Å². The van der Waals surface area contributed by atoms with E-state index in [1.165, 1.54) is 0 Å². The van der Waals surface area contributed by atoms with E-state index in [9.17, 15) is 4.79 Å². The molecule has 2 rings (SSSR count). The van der Waals surface area contributed by atoms with Crippen LogP contribution >= 0.6 is 11.6 Å². The lowest BCUT2D eigenvalue weighted by atomic mass is 10.0. The zero-order valence-corrected chi connectivity index (χ0v) is 9.32. The fourth-order valence-electron chi connectivity index (χ4n) is 1.43. The number of carbonyl (C=O) groups is 1. The highest BCUT2D eigenvalue weighted by molar-refractivity contribution is 6.30. The number of hydrogen-bond donors (Lipinski definition) is 0. The zero-order chi connectivity index (χ0) is 11.4. The predicted molar refractivity (Wildman–Crippen MR) is 63.7 cm³/mol. The SMILES string of the molecule is O=C(Cc1ccc(Cl)cc1)c1ccncc1. The van der Waals surface area contributed by atoms with Gasteiger partial charge in [0.25, 0.3) is 0 Å². The van der Waals surface area contributed by atoms with E-state index in [1.54, 1.807) is 36.7 Å². The molecule has 0 unspecified atom stereocenters. The Labute approximate surface area is 98.9 Å². The van der Waals surface area contributed by atoms with Crippen LogP contribution in [-0.2, 0) is 6.42 Å². The number of rotatable bonds is 3. The lowest BCUT2D eigenvalue weighted by Gasteiger charge is -2.01. The summed E-state index contributed by atoms with van der Waals surface area (Å²) in [5.74, 6) is 0.0877. The van der Waals surface area contributed by atoms with E-state index in [0.29, 0.717) is 17.0 Å². The highest BCUT2D eigenvalue weighted by Crippen LogP contribution is 2.11. The van der Waals surface area contributed by atoms with Crippen LogP contribution < -0.4 is 0 Å². The highest BCUT2D eigenvalue weighted by atomic mass is 35.5. The number of halogens is 1. The molecular weight excluding hydrogens is 222 g/mol. The molecule has 80 valence electrons. The fraction of sp³-hybridized carbons (Fsp3) is 0.0769. The maximum absolute atomic E-state index is 11.8. The number of pyridine rings is 1. The average Bonchev–Trinajstić information content (AvgIpc) is 2.33. The van der Waals surface area contributed by atoms with Gasteiger partial charge in [-0.15, -0.1) is 0 Å². The Bertz CT molecular complexity index is 479. The number of aromatic nitrogens is 1. The van der Waals surface area contributed by atoms with Crippen molar-refractivity contribution in [2.75, 3.05) is 0 Å². The second-order valence-electron chi connectivity index (χ2n) is 3.46. The fourth-order valence-corrected chi connectivity index (χ4v) is 1.55. The van der Waals surface area contributed by atoms with Gasteiger partial charge >= 0.3 is 0 Å². The summed E-state index contributed by atoms with van der Waals surface area (Å²) in [7, 11) is 0. The number of benzene rings is 1. The lowest BCUT2D eigenvalue weighted by Crippen LogP contribution is -2.03. The normalized spacial score (nSPS) is 10.1. The molecule has 2 aromatic rings. The van der Waals surface area contributed by atoms with Gasteiger partial charge in [-0.25, -0.2) is 0 Å². The van der Waals surface area contributed by atoms with Crippen LogP contribution in [0.1, 0.15) is 15.9 Å². The van der Waals surface area contributed by atoms with Crippen molar-refractivity contribution >= 4 is 17.4 Å². The standard InChI is InChI=1S/C13H10ClNO/c14-12-3-1-10(2-4-12)9-13(16)11-5-7-15-8-6-11/h1-8H,9H2. The molecule has 0 fully saturated rings. The smallest absolute Gasteiger partial charge is 0.167 e. The van der Waals surface area contributed by atoms with Gasteiger partial charge in [-0.2, -0.15) is 0 Å². The molecule has 16 heavy (non-hydrogen) atoms. The Hall–Kier alpha value is -1.67.